The third-order valence-corrected chi connectivity index (χ3v) is 2.82. The van der Waals surface area contributed by atoms with E-state index in [0.29, 0.717) is 12.1 Å². The van der Waals surface area contributed by atoms with Crippen molar-refractivity contribution in [3.63, 3.8) is 0 Å². The first-order valence-electron chi connectivity index (χ1n) is 6.25. The van der Waals surface area contributed by atoms with Crippen LogP contribution in [-0.4, -0.2) is 10.8 Å². The summed E-state index contributed by atoms with van der Waals surface area (Å²) in [4.78, 5) is 21.9. The van der Waals surface area contributed by atoms with Crippen molar-refractivity contribution in [2.75, 3.05) is 5.32 Å². The predicted molar refractivity (Wildman–Crippen MR) is 77.1 cm³/mol. The minimum Gasteiger partial charge on any atom is -0.320 e. The molecule has 2 aromatic rings. The predicted octanol–water partition coefficient (Wildman–Crippen LogP) is 3.66. The number of nitro benzene ring substituents is 1. The molecule has 0 saturated heterocycles. The highest BCUT2D eigenvalue weighted by molar-refractivity contribution is 6.02. The zero-order valence-electron chi connectivity index (χ0n) is 11.4. The molecule has 118 valence electrons. The smallest absolute Gasteiger partial charge is 0.276 e. The van der Waals surface area contributed by atoms with Crippen molar-refractivity contribution in [1.82, 2.24) is 0 Å². The molecule has 0 atom stereocenters. The number of nitrogens with one attached hydrogen (secondary N) is 1. The van der Waals surface area contributed by atoms with E-state index < -0.39 is 34.0 Å². The molecule has 1 N–H and O–H groups in total. The van der Waals surface area contributed by atoms with Crippen molar-refractivity contribution in [2.45, 2.75) is 0 Å². The lowest BCUT2D eigenvalue weighted by atomic mass is 10.1. The second-order valence-corrected chi connectivity index (χ2v) is 4.38. The van der Waals surface area contributed by atoms with Gasteiger partial charge in [-0.05, 0) is 12.1 Å². The number of benzene rings is 2. The van der Waals surface area contributed by atoms with Crippen LogP contribution in [0.5, 0.6) is 0 Å². The molecule has 0 aliphatic heterocycles. The molecule has 0 aliphatic carbocycles. The van der Waals surface area contributed by atoms with Crippen LogP contribution in [0.3, 0.4) is 0 Å². The summed E-state index contributed by atoms with van der Waals surface area (Å²) in [5, 5.41) is 12.8. The maximum Gasteiger partial charge on any atom is 0.276 e. The second-order valence-electron chi connectivity index (χ2n) is 4.38. The molecule has 0 aliphatic rings. The first kappa shape index (κ1) is 16.2. The summed E-state index contributed by atoms with van der Waals surface area (Å²) in [7, 11) is 0. The van der Waals surface area contributed by atoms with Crippen LogP contribution >= 0.6 is 0 Å². The first-order valence-corrected chi connectivity index (χ1v) is 6.25. The summed E-state index contributed by atoms with van der Waals surface area (Å²) in [5.41, 5.74) is -0.588. The van der Waals surface area contributed by atoms with Gasteiger partial charge >= 0.3 is 0 Å². The summed E-state index contributed by atoms with van der Waals surface area (Å²) in [6, 6.07) is 6.48. The van der Waals surface area contributed by atoms with Crippen LogP contribution in [-0.2, 0) is 4.79 Å². The Morgan fingerprint density at radius 2 is 1.74 bits per heavy atom. The molecule has 23 heavy (non-hydrogen) atoms. The molecule has 2 aromatic carbocycles. The number of hydrogen-bond acceptors (Lipinski definition) is 3. The summed E-state index contributed by atoms with van der Waals surface area (Å²) in [5.74, 6) is -4.69. The van der Waals surface area contributed by atoms with Gasteiger partial charge in [-0.25, -0.2) is 13.2 Å². The lowest BCUT2D eigenvalue weighted by molar-refractivity contribution is -0.385. The summed E-state index contributed by atoms with van der Waals surface area (Å²) >= 11 is 0. The molecule has 1 amide bonds. The van der Waals surface area contributed by atoms with Gasteiger partial charge in [0.25, 0.3) is 5.69 Å². The number of para-hydroxylation sites is 1. The van der Waals surface area contributed by atoms with Crippen molar-refractivity contribution >= 4 is 23.4 Å². The van der Waals surface area contributed by atoms with Crippen molar-refractivity contribution in [3.8, 4) is 0 Å². The van der Waals surface area contributed by atoms with Crippen LogP contribution in [0.4, 0.5) is 24.5 Å². The fraction of sp³-hybridized carbons (Fsp3) is 0. The fourth-order valence-electron chi connectivity index (χ4n) is 1.75. The van der Waals surface area contributed by atoms with Gasteiger partial charge in [0.05, 0.1) is 16.2 Å². The normalized spacial score (nSPS) is 10.7. The standard InChI is InChI=1S/C15H9F3N2O3/c16-10-7-12(18)13(8-11(10)17)19-15(21)6-5-9-3-1-2-4-14(9)20(22)23/h1-8H,(H,19,21)/b6-5+. The minimum atomic E-state index is -1.38. The van der Waals surface area contributed by atoms with Crippen LogP contribution in [0.1, 0.15) is 5.56 Å². The zero-order chi connectivity index (χ0) is 17.0. The number of carbonyl (C=O) groups is 1. The minimum absolute atomic E-state index is 0.165. The highest BCUT2D eigenvalue weighted by Crippen LogP contribution is 2.20. The molecular formula is C15H9F3N2O3. The van der Waals surface area contributed by atoms with Crippen molar-refractivity contribution < 1.29 is 22.9 Å². The maximum absolute atomic E-state index is 13.4. The highest BCUT2D eigenvalue weighted by Gasteiger charge is 2.12. The maximum atomic E-state index is 13.4. The number of nitro groups is 1. The molecule has 2 rings (SSSR count). The molecule has 0 bridgehead atoms. The van der Waals surface area contributed by atoms with Crippen molar-refractivity contribution in [1.29, 1.82) is 0 Å². The van der Waals surface area contributed by atoms with Gasteiger partial charge in [0, 0.05) is 24.3 Å². The Morgan fingerprint density at radius 3 is 2.43 bits per heavy atom. The number of rotatable bonds is 4. The van der Waals surface area contributed by atoms with Crippen LogP contribution in [0.25, 0.3) is 6.08 Å². The van der Waals surface area contributed by atoms with Crippen LogP contribution in [0, 0.1) is 27.6 Å². The average molecular weight is 322 g/mol. The lowest BCUT2D eigenvalue weighted by Crippen LogP contribution is -2.10. The lowest BCUT2D eigenvalue weighted by Gasteiger charge is -2.04. The van der Waals surface area contributed by atoms with Gasteiger partial charge in [0.1, 0.15) is 5.82 Å². The fourth-order valence-corrected chi connectivity index (χ4v) is 1.75. The Morgan fingerprint density at radius 1 is 1.09 bits per heavy atom. The van der Waals surface area contributed by atoms with Gasteiger partial charge in [-0.2, -0.15) is 0 Å². The molecule has 0 spiro atoms. The van der Waals surface area contributed by atoms with Gasteiger partial charge in [-0.15, -0.1) is 0 Å². The van der Waals surface area contributed by atoms with E-state index >= 15 is 0 Å². The van der Waals surface area contributed by atoms with E-state index in [1.165, 1.54) is 18.2 Å². The van der Waals surface area contributed by atoms with E-state index in [1.54, 1.807) is 6.07 Å². The number of halogens is 3. The van der Waals surface area contributed by atoms with Crippen LogP contribution < -0.4 is 5.32 Å². The molecule has 0 radical (unpaired) electrons. The number of amides is 1. The van der Waals surface area contributed by atoms with Gasteiger partial charge in [0.2, 0.25) is 5.91 Å². The Hall–Kier alpha value is -3.16. The van der Waals surface area contributed by atoms with E-state index in [2.05, 4.69) is 0 Å². The van der Waals surface area contributed by atoms with Crippen molar-refractivity contribution in [2.24, 2.45) is 0 Å². The van der Waals surface area contributed by atoms with E-state index in [9.17, 15) is 28.1 Å². The Bertz CT molecular complexity index is 807. The second kappa shape index (κ2) is 6.73. The third-order valence-electron chi connectivity index (χ3n) is 2.82. The monoisotopic (exact) mass is 322 g/mol. The van der Waals surface area contributed by atoms with E-state index in [1.807, 2.05) is 5.32 Å². The Balaban J connectivity index is 2.17. The Kier molecular flexibility index (Phi) is 4.75. The molecular weight excluding hydrogens is 313 g/mol. The first-order chi connectivity index (χ1) is 10.9. The summed E-state index contributed by atoms with van der Waals surface area (Å²) in [6.45, 7) is 0. The molecule has 0 fully saturated rings. The summed E-state index contributed by atoms with van der Waals surface area (Å²) < 4.78 is 39.2. The topological polar surface area (TPSA) is 72.2 Å². The van der Waals surface area contributed by atoms with E-state index in [4.69, 9.17) is 0 Å². The van der Waals surface area contributed by atoms with Gasteiger partial charge in [-0.3, -0.25) is 14.9 Å². The molecule has 0 unspecified atom stereocenters. The van der Waals surface area contributed by atoms with Gasteiger partial charge in [-0.1, -0.05) is 12.1 Å². The number of carbonyl (C=O) groups excluding carboxylic acids is 1. The van der Waals surface area contributed by atoms with Gasteiger partial charge < -0.3 is 5.32 Å². The molecule has 0 heterocycles. The average Bonchev–Trinajstić information content (AvgIpc) is 2.50. The van der Waals surface area contributed by atoms with Crippen LogP contribution in [0.2, 0.25) is 0 Å². The molecule has 0 aromatic heterocycles. The highest BCUT2D eigenvalue weighted by atomic mass is 19.2. The third kappa shape index (κ3) is 3.94. The van der Waals surface area contributed by atoms with Crippen LogP contribution in [0.15, 0.2) is 42.5 Å². The quantitative estimate of drug-likeness (QED) is 0.404. The SMILES string of the molecule is O=C(/C=C/c1ccccc1[N+](=O)[O-])Nc1cc(F)c(F)cc1F. The van der Waals surface area contributed by atoms with E-state index in [0.717, 1.165) is 12.2 Å². The largest absolute Gasteiger partial charge is 0.320 e. The number of anilines is 1. The molecule has 5 nitrogen and oxygen atoms in total. The zero-order valence-corrected chi connectivity index (χ0v) is 11.4. The summed E-state index contributed by atoms with van der Waals surface area (Å²) in [6.07, 6.45) is 2.08. The van der Waals surface area contributed by atoms with Gasteiger partial charge in [0.15, 0.2) is 11.6 Å². The van der Waals surface area contributed by atoms with Crippen molar-refractivity contribution in [3.05, 3.63) is 75.6 Å². The number of hydrogen-bond donors (Lipinski definition) is 1. The molecule has 0 saturated carbocycles. The molecule has 8 heteroatoms. The number of nitrogens with zero attached hydrogens (tertiary/aromatic N) is 1. The Labute approximate surface area is 128 Å². The van der Waals surface area contributed by atoms with E-state index in [-0.39, 0.29) is 11.3 Å².